The zero-order valence-corrected chi connectivity index (χ0v) is 7.38. The second-order valence-electron chi connectivity index (χ2n) is 2.54. The van der Waals surface area contributed by atoms with Crippen LogP contribution in [0.15, 0.2) is 24.3 Å². The van der Waals surface area contributed by atoms with Crippen molar-refractivity contribution in [1.82, 2.24) is 0 Å². The fourth-order valence-corrected chi connectivity index (χ4v) is 1.32. The molecule has 0 saturated carbocycles. The molecule has 0 amide bonds. The lowest BCUT2D eigenvalue weighted by Crippen LogP contribution is -2.22. The largest absolute Gasteiger partial charge is 0.354 e. The van der Waals surface area contributed by atoms with Gasteiger partial charge in [0.1, 0.15) is 0 Å². The second-order valence-corrected chi connectivity index (χ2v) is 3.81. The molecule has 0 fully saturated rings. The van der Waals surface area contributed by atoms with Gasteiger partial charge in [-0.1, -0.05) is 35.3 Å². The fourth-order valence-electron chi connectivity index (χ4n) is 0.817. The van der Waals surface area contributed by atoms with Crippen LogP contribution >= 0.6 is 0 Å². The number of hydrogen-bond donors (Lipinski definition) is 1. The van der Waals surface area contributed by atoms with E-state index in [-0.39, 0.29) is 0 Å². The van der Waals surface area contributed by atoms with E-state index in [0.717, 1.165) is 12.1 Å². The Balaban J connectivity index is 2.85. The highest BCUT2D eigenvalue weighted by atomic mass is 32.2. The van der Waals surface area contributed by atoms with Crippen LogP contribution < -0.4 is 5.46 Å². The Morgan fingerprint density at radius 2 is 1.75 bits per heavy atom. The molecule has 0 aliphatic rings. The van der Waals surface area contributed by atoms with Crippen molar-refractivity contribution in [3.05, 3.63) is 29.8 Å². The van der Waals surface area contributed by atoms with Crippen LogP contribution in [0, 0.1) is 6.92 Å². The van der Waals surface area contributed by atoms with Crippen LogP contribution in [0.1, 0.15) is 5.56 Å². The van der Waals surface area contributed by atoms with E-state index in [9.17, 15) is 8.42 Å². The van der Waals surface area contributed by atoms with Crippen LogP contribution in [0.5, 0.6) is 0 Å². The molecule has 1 aromatic rings. The molecule has 0 aliphatic carbocycles. The monoisotopic (exact) mass is 183 g/mol. The molecule has 1 rings (SSSR count). The van der Waals surface area contributed by atoms with Gasteiger partial charge in [0.2, 0.25) is 9.97 Å². The first kappa shape index (κ1) is 9.28. The summed E-state index contributed by atoms with van der Waals surface area (Å²) >= 11 is 0. The van der Waals surface area contributed by atoms with E-state index in [1.54, 1.807) is 24.3 Å². The van der Waals surface area contributed by atoms with Gasteiger partial charge in [-0.3, -0.25) is 4.55 Å². The van der Waals surface area contributed by atoms with Crippen molar-refractivity contribution in [2.45, 2.75) is 6.92 Å². The molecule has 0 aliphatic heterocycles. The van der Waals surface area contributed by atoms with Crippen molar-refractivity contribution in [3.8, 4) is 0 Å². The number of aryl methyl sites for hydroxylation is 1. The van der Waals surface area contributed by atoms with Crippen LogP contribution in [0.3, 0.4) is 0 Å². The van der Waals surface area contributed by atoms with Crippen molar-refractivity contribution in [2.24, 2.45) is 0 Å². The summed E-state index contributed by atoms with van der Waals surface area (Å²) in [6.45, 7) is 2.71. The Kier molecular flexibility index (Phi) is 2.54. The van der Waals surface area contributed by atoms with E-state index < -0.39 is 9.97 Å². The predicted molar refractivity (Wildman–Crippen MR) is 48.1 cm³/mol. The maximum atomic E-state index is 10.4. The highest BCUT2D eigenvalue weighted by Gasteiger charge is 2.09. The van der Waals surface area contributed by atoms with Gasteiger partial charge in [-0.15, -0.1) is 0 Å². The van der Waals surface area contributed by atoms with Crippen molar-refractivity contribution in [3.63, 3.8) is 0 Å². The minimum atomic E-state index is -4.02. The molecule has 0 spiro atoms. The number of hydrogen-bond acceptors (Lipinski definition) is 2. The summed E-state index contributed by atoms with van der Waals surface area (Å²) in [6, 6.07) is 6.81. The van der Waals surface area contributed by atoms with E-state index >= 15 is 0 Å². The van der Waals surface area contributed by atoms with Crippen molar-refractivity contribution < 1.29 is 13.0 Å². The molecule has 3 nitrogen and oxygen atoms in total. The van der Waals surface area contributed by atoms with Crippen LogP contribution in [0.2, 0.25) is 0 Å². The van der Waals surface area contributed by atoms with Gasteiger partial charge in [-0.05, 0) is 6.92 Å². The van der Waals surface area contributed by atoms with Gasteiger partial charge in [0.25, 0.3) is 0 Å². The van der Waals surface area contributed by atoms with Crippen LogP contribution in [-0.4, -0.2) is 19.5 Å². The van der Waals surface area contributed by atoms with Crippen LogP contribution in [-0.2, 0) is 9.97 Å². The highest BCUT2D eigenvalue weighted by molar-refractivity contribution is 8.12. The Morgan fingerprint density at radius 3 is 2.17 bits per heavy atom. The zero-order chi connectivity index (χ0) is 9.19. The third-order valence-corrected chi connectivity index (χ3v) is 1.93. The normalized spacial score (nSPS) is 11.2. The van der Waals surface area contributed by atoms with Crippen molar-refractivity contribution in [2.75, 3.05) is 0 Å². The molecule has 1 aromatic carbocycles. The molecule has 63 valence electrons. The summed E-state index contributed by atoms with van der Waals surface area (Å²) < 4.78 is 29.2. The fraction of sp³-hybridized carbons (Fsp3) is 0.143. The molecular weight excluding hydrogens is 175 g/mol. The minimum absolute atomic E-state index is 0.475. The maximum Gasteiger partial charge on any atom is 0.354 e. The van der Waals surface area contributed by atoms with Gasteiger partial charge in [-0.2, -0.15) is 0 Å². The predicted octanol–water partition coefficient (Wildman–Crippen LogP) is 0.127. The van der Waals surface area contributed by atoms with Crippen molar-refractivity contribution in [1.29, 1.82) is 0 Å². The van der Waals surface area contributed by atoms with E-state index in [2.05, 4.69) is 0 Å². The summed E-state index contributed by atoms with van der Waals surface area (Å²) in [6.07, 6.45) is 0. The van der Waals surface area contributed by atoms with Gasteiger partial charge in [0.05, 0.1) is 0 Å². The molecule has 0 atom stereocenters. The molecule has 0 bridgehead atoms. The quantitative estimate of drug-likeness (QED) is 0.523. The van der Waals surface area contributed by atoms with Crippen LogP contribution in [0.4, 0.5) is 0 Å². The molecule has 0 aromatic heterocycles. The number of benzene rings is 1. The third-order valence-electron chi connectivity index (χ3n) is 1.36. The summed E-state index contributed by atoms with van der Waals surface area (Å²) in [5.74, 6) is 0. The minimum Gasteiger partial charge on any atom is -0.295 e. The summed E-state index contributed by atoms with van der Waals surface area (Å²) in [5.41, 5.74) is 1.52. The van der Waals surface area contributed by atoms with Gasteiger partial charge in [0, 0.05) is 0 Å². The second kappa shape index (κ2) is 3.29. The molecule has 5 heteroatoms. The standard InChI is InChI=1S/C7H8BO3S/c1-6-2-4-7(5-3-6)8-12(9,10)11/h2-5H,1H3,(H,9,10,11). The first-order chi connectivity index (χ1) is 5.47. The first-order valence-electron chi connectivity index (χ1n) is 3.36. The van der Waals surface area contributed by atoms with Crippen molar-refractivity contribution >= 4 is 22.0 Å². The van der Waals surface area contributed by atoms with Gasteiger partial charge >= 0.3 is 6.56 Å². The maximum absolute atomic E-state index is 10.4. The molecule has 0 heterocycles. The summed E-state index contributed by atoms with van der Waals surface area (Å²) in [5, 5.41) is 0. The molecule has 0 saturated heterocycles. The Morgan fingerprint density at radius 1 is 1.25 bits per heavy atom. The Bertz CT molecular complexity index is 355. The Hall–Kier alpha value is -0.805. The molecular formula is C7H8BO3S. The average molecular weight is 183 g/mol. The first-order valence-corrected chi connectivity index (χ1v) is 4.86. The van der Waals surface area contributed by atoms with E-state index in [1.807, 2.05) is 6.92 Å². The van der Waals surface area contributed by atoms with Crippen LogP contribution in [0.25, 0.3) is 0 Å². The molecule has 1 radical (unpaired) electrons. The zero-order valence-electron chi connectivity index (χ0n) is 6.56. The smallest absolute Gasteiger partial charge is 0.295 e. The van der Waals surface area contributed by atoms with Gasteiger partial charge < -0.3 is 0 Å². The third kappa shape index (κ3) is 3.06. The summed E-state index contributed by atoms with van der Waals surface area (Å²) in [4.78, 5) is 0. The van der Waals surface area contributed by atoms with Gasteiger partial charge in [-0.25, -0.2) is 8.42 Å². The lowest BCUT2D eigenvalue weighted by Gasteiger charge is -1.96. The van der Waals surface area contributed by atoms with E-state index in [0.29, 0.717) is 5.46 Å². The highest BCUT2D eigenvalue weighted by Crippen LogP contribution is 1.92. The topological polar surface area (TPSA) is 54.4 Å². The average Bonchev–Trinajstić information content (AvgIpc) is 1.91. The van der Waals surface area contributed by atoms with Gasteiger partial charge in [0.15, 0.2) is 0 Å². The van der Waals surface area contributed by atoms with E-state index in [1.165, 1.54) is 0 Å². The molecule has 1 N–H and O–H groups in total. The SMILES string of the molecule is Cc1ccc([B]S(=O)(=O)O)cc1. The lowest BCUT2D eigenvalue weighted by atomic mass is 9.94. The molecule has 0 unspecified atom stereocenters. The lowest BCUT2D eigenvalue weighted by molar-refractivity contribution is 0.501. The summed E-state index contributed by atoms with van der Waals surface area (Å²) in [7, 11) is -4.02. The van der Waals surface area contributed by atoms with E-state index in [4.69, 9.17) is 4.55 Å². The number of rotatable bonds is 2. The Labute approximate surface area is 72.3 Å². The molecule has 12 heavy (non-hydrogen) atoms.